The van der Waals surface area contributed by atoms with E-state index >= 15 is 0 Å². The van der Waals surface area contributed by atoms with Gasteiger partial charge in [0.05, 0.1) is 6.54 Å². The second kappa shape index (κ2) is 10.9. The quantitative estimate of drug-likeness (QED) is 0.564. The van der Waals surface area contributed by atoms with Crippen LogP contribution in [-0.2, 0) is 4.79 Å². The van der Waals surface area contributed by atoms with Gasteiger partial charge in [0, 0.05) is 12.6 Å². The van der Waals surface area contributed by atoms with Crippen molar-refractivity contribution in [3.8, 4) is 0 Å². The highest BCUT2D eigenvalue weighted by atomic mass is 16.1. The molecule has 1 unspecified atom stereocenters. The van der Waals surface area contributed by atoms with E-state index in [-0.39, 0.29) is 5.91 Å². The molecule has 0 aromatic rings. The van der Waals surface area contributed by atoms with Crippen LogP contribution in [0.4, 0.5) is 0 Å². The fourth-order valence-corrected chi connectivity index (χ4v) is 1.43. The van der Waals surface area contributed by atoms with Crippen LogP contribution in [0.3, 0.4) is 0 Å². The van der Waals surface area contributed by atoms with Crippen LogP contribution >= 0.6 is 0 Å². The molecular formula is C13H28N2O. The van der Waals surface area contributed by atoms with Gasteiger partial charge < -0.3 is 10.6 Å². The van der Waals surface area contributed by atoms with Crippen LogP contribution in [0, 0.1) is 0 Å². The minimum absolute atomic E-state index is 0.121. The van der Waals surface area contributed by atoms with Gasteiger partial charge in [-0.3, -0.25) is 4.79 Å². The van der Waals surface area contributed by atoms with Crippen molar-refractivity contribution in [3.63, 3.8) is 0 Å². The zero-order valence-corrected chi connectivity index (χ0v) is 11.1. The molecule has 0 aromatic heterocycles. The minimum atomic E-state index is 0.121. The maximum Gasteiger partial charge on any atom is 0.233 e. The van der Waals surface area contributed by atoms with Crippen LogP contribution in [0.2, 0.25) is 0 Å². The van der Waals surface area contributed by atoms with Gasteiger partial charge in [0.25, 0.3) is 0 Å². The lowest BCUT2D eigenvalue weighted by Gasteiger charge is -2.11. The van der Waals surface area contributed by atoms with Crippen LogP contribution in [0.5, 0.6) is 0 Å². The number of hydrogen-bond acceptors (Lipinski definition) is 2. The summed E-state index contributed by atoms with van der Waals surface area (Å²) in [6.45, 7) is 7.69. The van der Waals surface area contributed by atoms with E-state index in [2.05, 4.69) is 31.4 Å². The summed E-state index contributed by atoms with van der Waals surface area (Å²) in [5.74, 6) is 0.121. The Morgan fingerprint density at radius 1 is 1.12 bits per heavy atom. The number of carbonyl (C=O) groups is 1. The predicted molar refractivity (Wildman–Crippen MR) is 69.5 cm³/mol. The van der Waals surface area contributed by atoms with E-state index in [9.17, 15) is 4.79 Å². The number of unbranched alkanes of at least 4 members (excludes halogenated alkanes) is 4. The summed E-state index contributed by atoms with van der Waals surface area (Å²) in [7, 11) is 0. The van der Waals surface area contributed by atoms with E-state index in [1.54, 1.807) is 0 Å². The standard InChI is InChI=1S/C13H28N2O/c1-4-6-7-8-9-10-14-13(16)11-15-12(3)5-2/h12,15H,4-11H2,1-3H3,(H,14,16). The first-order valence-corrected chi connectivity index (χ1v) is 6.70. The van der Waals surface area contributed by atoms with Crippen molar-refractivity contribution in [1.82, 2.24) is 10.6 Å². The van der Waals surface area contributed by atoms with Crippen LogP contribution in [0.1, 0.15) is 59.3 Å². The summed E-state index contributed by atoms with van der Waals surface area (Å²) in [5, 5.41) is 6.12. The fourth-order valence-electron chi connectivity index (χ4n) is 1.43. The van der Waals surface area contributed by atoms with Gasteiger partial charge in [0.15, 0.2) is 0 Å². The molecular weight excluding hydrogens is 200 g/mol. The van der Waals surface area contributed by atoms with Crippen LogP contribution in [-0.4, -0.2) is 25.0 Å². The number of rotatable bonds is 10. The number of hydrogen-bond donors (Lipinski definition) is 2. The van der Waals surface area contributed by atoms with Gasteiger partial charge in [-0.05, 0) is 19.8 Å². The van der Waals surface area contributed by atoms with Crippen molar-refractivity contribution < 1.29 is 4.79 Å². The predicted octanol–water partition coefficient (Wildman–Crippen LogP) is 2.46. The van der Waals surface area contributed by atoms with E-state index < -0.39 is 0 Å². The van der Waals surface area contributed by atoms with Crippen molar-refractivity contribution in [2.75, 3.05) is 13.1 Å². The highest BCUT2D eigenvalue weighted by Gasteiger charge is 2.02. The molecule has 16 heavy (non-hydrogen) atoms. The average Bonchev–Trinajstić information content (AvgIpc) is 2.30. The molecule has 0 rings (SSSR count). The van der Waals surface area contributed by atoms with Gasteiger partial charge in [-0.1, -0.05) is 39.5 Å². The normalized spacial score (nSPS) is 12.4. The summed E-state index contributed by atoms with van der Waals surface area (Å²) in [5.41, 5.74) is 0. The molecule has 0 bridgehead atoms. The second-order valence-electron chi connectivity index (χ2n) is 4.45. The third-order valence-electron chi connectivity index (χ3n) is 2.83. The summed E-state index contributed by atoms with van der Waals surface area (Å²) < 4.78 is 0. The Hall–Kier alpha value is -0.570. The van der Waals surface area contributed by atoms with Gasteiger partial charge in [0.2, 0.25) is 5.91 Å². The Balaban J connectivity index is 3.24. The Kier molecular flexibility index (Phi) is 10.5. The highest BCUT2D eigenvalue weighted by Crippen LogP contribution is 2.00. The molecule has 0 aliphatic carbocycles. The molecule has 0 fully saturated rings. The van der Waals surface area contributed by atoms with E-state index in [0.29, 0.717) is 12.6 Å². The monoisotopic (exact) mass is 228 g/mol. The molecule has 2 N–H and O–H groups in total. The summed E-state index contributed by atoms with van der Waals surface area (Å²) in [4.78, 5) is 11.4. The van der Waals surface area contributed by atoms with Crippen molar-refractivity contribution in [3.05, 3.63) is 0 Å². The Labute approximate surface area is 100 Å². The van der Waals surface area contributed by atoms with Crippen LogP contribution in [0.25, 0.3) is 0 Å². The lowest BCUT2D eigenvalue weighted by molar-refractivity contribution is -0.120. The molecule has 0 heterocycles. The number of amides is 1. The molecule has 1 atom stereocenters. The third kappa shape index (κ3) is 9.97. The molecule has 0 saturated carbocycles. The van der Waals surface area contributed by atoms with E-state index in [0.717, 1.165) is 19.4 Å². The maximum atomic E-state index is 11.4. The summed E-state index contributed by atoms with van der Waals surface area (Å²) in [6, 6.07) is 0.426. The molecule has 96 valence electrons. The van der Waals surface area contributed by atoms with E-state index in [1.165, 1.54) is 25.7 Å². The molecule has 0 saturated heterocycles. The lowest BCUT2D eigenvalue weighted by atomic mass is 10.1. The van der Waals surface area contributed by atoms with Crippen molar-refractivity contribution in [1.29, 1.82) is 0 Å². The van der Waals surface area contributed by atoms with Crippen molar-refractivity contribution in [2.45, 2.75) is 65.3 Å². The van der Waals surface area contributed by atoms with Gasteiger partial charge in [0.1, 0.15) is 0 Å². The SMILES string of the molecule is CCCCCCCNC(=O)CNC(C)CC. The summed E-state index contributed by atoms with van der Waals surface area (Å²) >= 11 is 0. The lowest BCUT2D eigenvalue weighted by Crippen LogP contribution is -2.38. The van der Waals surface area contributed by atoms with Gasteiger partial charge in [-0.2, -0.15) is 0 Å². The van der Waals surface area contributed by atoms with Gasteiger partial charge in [-0.25, -0.2) is 0 Å². The molecule has 0 aliphatic heterocycles. The Morgan fingerprint density at radius 2 is 1.81 bits per heavy atom. The van der Waals surface area contributed by atoms with Crippen LogP contribution in [0.15, 0.2) is 0 Å². The van der Waals surface area contributed by atoms with Crippen molar-refractivity contribution >= 4 is 5.91 Å². The molecule has 0 aromatic carbocycles. The molecule has 3 nitrogen and oxygen atoms in total. The zero-order chi connectivity index (χ0) is 12.2. The third-order valence-corrected chi connectivity index (χ3v) is 2.83. The molecule has 3 heteroatoms. The van der Waals surface area contributed by atoms with Gasteiger partial charge in [-0.15, -0.1) is 0 Å². The maximum absolute atomic E-state index is 11.4. The zero-order valence-electron chi connectivity index (χ0n) is 11.1. The number of carbonyl (C=O) groups excluding carboxylic acids is 1. The first kappa shape index (κ1) is 15.4. The smallest absolute Gasteiger partial charge is 0.233 e. The molecule has 0 aliphatic rings. The minimum Gasteiger partial charge on any atom is -0.355 e. The first-order chi connectivity index (χ1) is 7.70. The first-order valence-electron chi connectivity index (χ1n) is 6.70. The highest BCUT2D eigenvalue weighted by molar-refractivity contribution is 5.77. The van der Waals surface area contributed by atoms with Gasteiger partial charge >= 0.3 is 0 Å². The largest absolute Gasteiger partial charge is 0.355 e. The average molecular weight is 228 g/mol. The van der Waals surface area contributed by atoms with Crippen LogP contribution < -0.4 is 10.6 Å². The second-order valence-corrected chi connectivity index (χ2v) is 4.45. The van der Waals surface area contributed by atoms with E-state index in [4.69, 9.17) is 0 Å². The molecule has 0 spiro atoms. The molecule has 1 amide bonds. The fraction of sp³-hybridized carbons (Fsp3) is 0.923. The topological polar surface area (TPSA) is 41.1 Å². The summed E-state index contributed by atoms with van der Waals surface area (Å²) in [6.07, 6.45) is 7.26. The number of nitrogens with one attached hydrogen (secondary N) is 2. The molecule has 0 radical (unpaired) electrons. The van der Waals surface area contributed by atoms with Crippen molar-refractivity contribution in [2.24, 2.45) is 0 Å². The van der Waals surface area contributed by atoms with E-state index in [1.807, 2.05) is 0 Å². The Morgan fingerprint density at radius 3 is 2.44 bits per heavy atom. The Bertz CT molecular complexity index is 171.